The summed E-state index contributed by atoms with van der Waals surface area (Å²) in [7, 11) is 0. The molecule has 1 aliphatic heterocycles. The lowest BCUT2D eigenvalue weighted by molar-refractivity contribution is -0.125. The van der Waals surface area contributed by atoms with Gasteiger partial charge in [-0.3, -0.25) is 9.59 Å². The predicted octanol–water partition coefficient (Wildman–Crippen LogP) is 1.51. The number of hydrogen-bond donors (Lipinski definition) is 1. The Labute approximate surface area is 107 Å². The molecular weight excluding hydrogens is 228 g/mol. The van der Waals surface area contributed by atoms with Crippen molar-refractivity contribution in [2.24, 2.45) is 11.1 Å². The number of hydrogen-bond acceptors (Lipinski definition) is 3. The topological polar surface area (TPSA) is 63.4 Å². The van der Waals surface area contributed by atoms with Gasteiger partial charge in [0.05, 0.1) is 5.41 Å². The SMILES string of the molecule is Cc1ccc(N2CCC(C)(C(N)=O)C2)c(C=O)c1. The van der Waals surface area contributed by atoms with Crippen LogP contribution in [0.1, 0.15) is 29.3 Å². The molecule has 1 aromatic carbocycles. The summed E-state index contributed by atoms with van der Waals surface area (Å²) in [6.45, 7) is 5.16. The van der Waals surface area contributed by atoms with Gasteiger partial charge in [0.1, 0.15) is 0 Å². The van der Waals surface area contributed by atoms with Gasteiger partial charge < -0.3 is 10.6 Å². The van der Waals surface area contributed by atoms with E-state index in [0.29, 0.717) is 12.1 Å². The molecule has 96 valence electrons. The van der Waals surface area contributed by atoms with E-state index in [9.17, 15) is 9.59 Å². The zero-order valence-electron chi connectivity index (χ0n) is 10.8. The van der Waals surface area contributed by atoms with Gasteiger partial charge in [-0.1, -0.05) is 11.6 Å². The van der Waals surface area contributed by atoms with Crippen molar-refractivity contribution in [3.63, 3.8) is 0 Å². The number of nitrogens with zero attached hydrogens (tertiary/aromatic N) is 1. The van der Waals surface area contributed by atoms with Gasteiger partial charge in [0.25, 0.3) is 0 Å². The number of anilines is 1. The summed E-state index contributed by atoms with van der Waals surface area (Å²) in [5, 5.41) is 0. The van der Waals surface area contributed by atoms with Crippen LogP contribution in [0.3, 0.4) is 0 Å². The van der Waals surface area contributed by atoms with Gasteiger partial charge in [0.2, 0.25) is 5.91 Å². The Hall–Kier alpha value is -1.84. The predicted molar refractivity (Wildman–Crippen MR) is 70.7 cm³/mol. The van der Waals surface area contributed by atoms with Crippen molar-refractivity contribution in [1.29, 1.82) is 0 Å². The number of nitrogens with two attached hydrogens (primary N) is 1. The first-order valence-electron chi connectivity index (χ1n) is 6.07. The van der Waals surface area contributed by atoms with E-state index in [-0.39, 0.29) is 5.91 Å². The summed E-state index contributed by atoms with van der Waals surface area (Å²) in [4.78, 5) is 24.6. The maximum absolute atomic E-state index is 11.4. The van der Waals surface area contributed by atoms with E-state index in [2.05, 4.69) is 4.90 Å². The maximum Gasteiger partial charge on any atom is 0.225 e. The number of aryl methyl sites for hydroxylation is 1. The van der Waals surface area contributed by atoms with E-state index in [1.807, 2.05) is 32.0 Å². The van der Waals surface area contributed by atoms with Crippen molar-refractivity contribution >= 4 is 17.9 Å². The molecule has 2 N–H and O–H groups in total. The molecule has 18 heavy (non-hydrogen) atoms. The van der Waals surface area contributed by atoms with Crippen LogP contribution >= 0.6 is 0 Å². The molecule has 0 saturated carbocycles. The highest BCUT2D eigenvalue weighted by molar-refractivity contribution is 5.86. The molecule has 2 rings (SSSR count). The fraction of sp³-hybridized carbons (Fsp3) is 0.429. The fourth-order valence-corrected chi connectivity index (χ4v) is 2.42. The second-order valence-electron chi connectivity index (χ2n) is 5.28. The molecule has 1 unspecified atom stereocenters. The van der Waals surface area contributed by atoms with E-state index in [1.165, 1.54) is 0 Å². The van der Waals surface area contributed by atoms with Crippen LogP contribution in [0.25, 0.3) is 0 Å². The van der Waals surface area contributed by atoms with E-state index >= 15 is 0 Å². The van der Waals surface area contributed by atoms with Crippen molar-refractivity contribution in [2.45, 2.75) is 20.3 Å². The molecule has 0 bridgehead atoms. The number of rotatable bonds is 3. The molecule has 4 nitrogen and oxygen atoms in total. The Bertz CT molecular complexity index is 499. The molecule has 1 saturated heterocycles. The molecule has 1 atom stereocenters. The van der Waals surface area contributed by atoms with E-state index in [4.69, 9.17) is 5.73 Å². The van der Waals surface area contributed by atoms with Gasteiger partial charge >= 0.3 is 0 Å². The van der Waals surface area contributed by atoms with Crippen LogP contribution in [0.15, 0.2) is 18.2 Å². The molecule has 1 heterocycles. The summed E-state index contributed by atoms with van der Waals surface area (Å²) >= 11 is 0. The summed E-state index contributed by atoms with van der Waals surface area (Å²) in [5.41, 5.74) is 7.55. The molecular formula is C14H18N2O2. The van der Waals surface area contributed by atoms with Gasteiger partial charge in [0, 0.05) is 24.3 Å². The minimum Gasteiger partial charge on any atom is -0.370 e. The smallest absolute Gasteiger partial charge is 0.225 e. The second-order valence-corrected chi connectivity index (χ2v) is 5.28. The van der Waals surface area contributed by atoms with Crippen molar-refractivity contribution in [3.05, 3.63) is 29.3 Å². The highest BCUT2D eigenvalue weighted by atomic mass is 16.1. The van der Waals surface area contributed by atoms with Gasteiger partial charge in [0.15, 0.2) is 6.29 Å². The monoisotopic (exact) mass is 246 g/mol. The molecule has 4 heteroatoms. The summed E-state index contributed by atoms with van der Waals surface area (Å²) in [6.07, 6.45) is 1.59. The third-order valence-electron chi connectivity index (χ3n) is 3.72. The van der Waals surface area contributed by atoms with Crippen LogP contribution in [-0.2, 0) is 4.79 Å². The number of amides is 1. The highest BCUT2D eigenvalue weighted by Crippen LogP contribution is 2.34. The minimum atomic E-state index is -0.495. The lowest BCUT2D eigenvalue weighted by Crippen LogP contribution is -2.37. The standard InChI is InChI=1S/C14H18N2O2/c1-10-3-4-12(11(7-10)8-17)16-6-5-14(2,9-16)13(15)18/h3-4,7-8H,5-6,9H2,1-2H3,(H2,15,18). The number of benzene rings is 1. The Kier molecular flexibility index (Phi) is 3.11. The van der Waals surface area contributed by atoms with Crippen LogP contribution in [0.5, 0.6) is 0 Å². The third kappa shape index (κ3) is 2.10. The van der Waals surface area contributed by atoms with Crippen LogP contribution in [0.4, 0.5) is 5.69 Å². The van der Waals surface area contributed by atoms with Crippen molar-refractivity contribution in [2.75, 3.05) is 18.0 Å². The fourth-order valence-electron chi connectivity index (χ4n) is 2.42. The Morgan fingerprint density at radius 1 is 1.50 bits per heavy atom. The van der Waals surface area contributed by atoms with Gasteiger partial charge in [-0.25, -0.2) is 0 Å². The molecule has 0 aliphatic carbocycles. The normalized spacial score (nSPS) is 23.1. The number of carbonyl (C=O) groups is 2. The molecule has 1 aliphatic rings. The van der Waals surface area contributed by atoms with Gasteiger partial charge in [-0.05, 0) is 32.4 Å². The van der Waals surface area contributed by atoms with Crippen LogP contribution < -0.4 is 10.6 Å². The minimum absolute atomic E-state index is 0.273. The van der Waals surface area contributed by atoms with Crippen molar-refractivity contribution < 1.29 is 9.59 Å². The Morgan fingerprint density at radius 3 is 2.78 bits per heavy atom. The van der Waals surface area contributed by atoms with Gasteiger partial charge in [-0.15, -0.1) is 0 Å². The average Bonchev–Trinajstić information content (AvgIpc) is 2.73. The summed E-state index contributed by atoms with van der Waals surface area (Å²) in [6, 6.07) is 5.77. The largest absolute Gasteiger partial charge is 0.370 e. The van der Waals surface area contributed by atoms with E-state index in [0.717, 1.165) is 30.5 Å². The van der Waals surface area contributed by atoms with E-state index in [1.54, 1.807) is 0 Å². The Morgan fingerprint density at radius 2 is 2.22 bits per heavy atom. The summed E-state index contributed by atoms with van der Waals surface area (Å²) < 4.78 is 0. The molecule has 1 aromatic rings. The molecule has 0 spiro atoms. The van der Waals surface area contributed by atoms with Crippen molar-refractivity contribution in [3.8, 4) is 0 Å². The zero-order valence-corrected chi connectivity index (χ0v) is 10.8. The van der Waals surface area contributed by atoms with E-state index < -0.39 is 5.41 Å². The number of primary amides is 1. The number of aldehydes is 1. The third-order valence-corrected chi connectivity index (χ3v) is 3.72. The lowest BCUT2D eigenvalue weighted by atomic mass is 9.89. The lowest BCUT2D eigenvalue weighted by Gasteiger charge is -2.23. The van der Waals surface area contributed by atoms with Crippen LogP contribution in [0, 0.1) is 12.3 Å². The maximum atomic E-state index is 11.4. The highest BCUT2D eigenvalue weighted by Gasteiger charge is 2.39. The molecule has 1 amide bonds. The summed E-state index contributed by atoms with van der Waals surface area (Å²) in [5.74, 6) is -0.273. The van der Waals surface area contributed by atoms with Crippen molar-refractivity contribution in [1.82, 2.24) is 0 Å². The molecule has 1 fully saturated rings. The van der Waals surface area contributed by atoms with Gasteiger partial charge in [-0.2, -0.15) is 0 Å². The Balaban J connectivity index is 2.29. The first-order chi connectivity index (χ1) is 8.46. The molecule has 0 radical (unpaired) electrons. The first kappa shape index (κ1) is 12.6. The molecule has 0 aromatic heterocycles. The van der Waals surface area contributed by atoms with Crippen LogP contribution in [-0.4, -0.2) is 25.3 Å². The average molecular weight is 246 g/mol. The number of carbonyl (C=O) groups excluding carboxylic acids is 2. The van der Waals surface area contributed by atoms with Crippen LogP contribution in [0.2, 0.25) is 0 Å². The quantitative estimate of drug-likeness (QED) is 0.822. The second kappa shape index (κ2) is 4.44. The zero-order chi connectivity index (χ0) is 13.3. The first-order valence-corrected chi connectivity index (χ1v) is 6.07.